The minimum absolute atomic E-state index is 0.0610. The van der Waals surface area contributed by atoms with Crippen molar-refractivity contribution >= 4 is 80.2 Å². The van der Waals surface area contributed by atoms with Crippen LogP contribution in [0.15, 0.2) is 113 Å². The van der Waals surface area contributed by atoms with Crippen LogP contribution in [0.25, 0.3) is 6.08 Å². The number of nitrogens with one attached hydrogen (secondary N) is 3. The predicted octanol–water partition coefficient (Wildman–Crippen LogP) is 6.56. The Hall–Kier alpha value is -4.13. The van der Waals surface area contributed by atoms with Crippen LogP contribution in [0.4, 0.5) is 11.4 Å². The maximum absolute atomic E-state index is 13.5. The quantitative estimate of drug-likeness (QED) is 0.104. The van der Waals surface area contributed by atoms with E-state index in [9.17, 15) is 22.8 Å². The van der Waals surface area contributed by atoms with E-state index in [1.165, 1.54) is 42.1 Å². The summed E-state index contributed by atoms with van der Waals surface area (Å²) >= 11 is 13.8. The molecule has 9 nitrogen and oxygen atoms in total. The molecule has 0 fully saturated rings. The van der Waals surface area contributed by atoms with E-state index in [1.54, 1.807) is 72.8 Å². The average Bonchev–Trinajstić information content (AvgIpc) is 3.02. The highest BCUT2D eigenvalue weighted by Crippen LogP contribution is 2.30. The Bertz CT molecular complexity index is 1850. The number of hydrogen-bond acceptors (Lipinski definition) is 6. The molecular formula is C32H28Cl2N4O5S2. The summed E-state index contributed by atoms with van der Waals surface area (Å²) in [4.78, 5) is 40.1. The lowest BCUT2D eigenvalue weighted by Crippen LogP contribution is -2.30. The highest BCUT2D eigenvalue weighted by Gasteiger charge is 2.20. The Balaban J connectivity index is 1.50. The van der Waals surface area contributed by atoms with Gasteiger partial charge in [-0.15, -0.1) is 11.8 Å². The smallest absolute Gasteiger partial charge is 0.272 e. The highest BCUT2D eigenvalue weighted by atomic mass is 35.5. The Kier molecular flexibility index (Phi) is 11.4. The molecule has 3 amide bonds. The van der Waals surface area contributed by atoms with Crippen LogP contribution < -0.4 is 21.1 Å². The van der Waals surface area contributed by atoms with E-state index in [-0.39, 0.29) is 21.5 Å². The molecule has 0 aliphatic rings. The van der Waals surface area contributed by atoms with E-state index in [0.29, 0.717) is 38.8 Å². The second kappa shape index (κ2) is 15.2. The van der Waals surface area contributed by atoms with Crippen LogP contribution in [-0.2, 0) is 19.6 Å². The number of benzene rings is 4. The maximum atomic E-state index is 13.5. The lowest BCUT2D eigenvalue weighted by molar-refractivity contribution is -0.116. The number of rotatable bonds is 11. The van der Waals surface area contributed by atoms with Gasteiger partial charge in [0, 0.05) is 21.8 Å². The van der Waals surface area contributed by atoms with E-state index in [4.69, 9.17) is 28.3 Å². The fourth-order valence-corrected chi connectivity index (χ4v) is 5.90. The summed E-state index contributed by atoms with van der Waals surface area (Å²) in [5.74, 6) is -1.38. The van der Waals surface area contributed by atoms with Gasteiger partial charge in [-0.25, -0.2) is 13.6 Å². The molecule has 5 N–H and O–H groups in total. The number of thioether (sulfide) groups is 1. The summed E-state index contributed by atoms with van der Waals surface area (Å²) in [6.07, 6.45) is 1.93. The first kappa shape index (κ1) is 33.8. The van der Waals surface area contributed by atoms with Gasteiger partial charge in [-0.05, 0) is 78.7 Å². The van der Waals surface area contributed by atoms with Gasteiger partial charge in [-0.2, -0.15) is 0 Å². The van der Waals surface area contributed by atoms with Gasteiger partial charge in [0.25, 0.3) is 11.8 Å². The van der Waals surface area contributed by atoms with Crippen molar-refractivity contribution in [2.75, 3.05) is 10.6 Å². The van der Waals surface area contributed by atoms with Crippen molar-refractivity contribution in [2.24, 2.45) is 5.14 Å². The molecule has 0 bridgehead atoms. The van der Waals surface area contributed by atoms with E-state index in [2.05, 4.69) is 16.0 Å². The van der Waals surface area contributed by atoms with Crippen molar-refractivity contribution in [2.45, 2.75) is 28.4 Å². The van der Waals surface area contributed by atoms with Gasteiger partial charge < -0.3 is 16.0 Å². The summed E-state index contributed by atoms with van der Waals surface area (Å²) in [6.45, 7) is 1.86. The van der Waals surface area contributed by atoms with Crippen LogP contribution in [0, 0.1) is 0 Å². The van der Waals surface area contributed by atoms with Crippen LogP contribution in [-0.4, -0.2) is 31.4 Å². The van der Waals surface area contributed by atoms with Gasteiger partial charge in [0.1, 0.15) is 5.70 Å². The van der Waals surface area contributed by atoms with Crippen molar-refractivity contribution in [1.29, 1.82) is 0 Å². The van der Waals surface area contributed by atoms with Crippen molar-refractivity contribution in [3.8, 4) is 0 Å². The molecule has 0 spiro atoms. The second-order valence-corrected chi connectivity index (χ2v) is 13.2. The molecule has 1 atom stereocenters. The molecule has 1 unspecified atom stereocenters. The number of sulfonamides is 1. The normalized spacial score (nSPS) is 12.2. The van der Waals surface area contributed by atoms with Gasteiger partial charge in [0.05, 0.1) is 20.2 Å². The molecule has 0 aliphatic carbocycles. The molecule has 4 aromatic rings. The number of primary sulfonamides is 1. The first-order valence-electron chi connectivity index (χ1n) is 13.5. The summed E-state index contributed by atoms with van der Waals surface area (Å²) in [5, 5.41) is 13.4. The molecule has 0 radical (unpaired) electrons. The summed E-state index contributed by atoms with van der Waals surface area (Å²) in [5.41, 5.74) is 1.57. The fraction of sp³-hybridized carbons (Fsp3) is 0.0938. The third kappa shape index (κ3) is 9.43. The lowest BCUT2D eigenvalue weighted by Gasteiger charge is -2.16. The standard InChI is InChI=1S/C32H28Cl2N4O5S2/c1-2-28(32(41)36-22-14-16-25(17-15-22)45(35,42)43)44-24-12-7-11-23(19-24)37-31(40)27(18-21-10-6-13-26(33)29(21)34)38-30(39)20-8-4-3-5-9-20/h3-19,28H,2H2,1H3,(H,36,41)(H,37,40)(H,38,39)(H2,35,42,43)/b27-18+. The molecule has 0 aromatic heterocycles. The van der Waals surface area contributed by atoms with E-state index in [1.807, 2.05) is 6.92 Å². The number of hydrogen-bond donors (Lipinski definition) is 4. The molecule has 4 rings (SSSR count). The van der Waals surface area contributed by atoms with Crippen molar-refractivity contribution in [3.05, 3.63) is 124 Å². The predicted molar refractivity (Wildman–Crippen MR) is 180 cm³/mol. The van der Waals surface area contributed by atoms with Crippen molar-refractivity contribution < 1.29 is 22.8 Å². The SMILES string of the molecule is CCC(Sc1cccc(NC(=O)/C(=C\c2cccc(Cl)c2Cl)NC(=O)c2ccccc2)c1)C(=O)Nc1ccc(S(N)(=O)=O)cc1. The van der Waals surface area contributed by atoms with E-state index in [0.717, 1.165) is 0 Å². The number of anilines is 2. The molecule has 232 valence electrons. The van der Waals surface area contributed by atoms with Crippen LogP contribution in [0.3, 0.4) is 0 Å². The van der Waals surface area contributed by atoms with E-state index >= 15 is 0 Å². The molecule has 0 saturated heterocycles. The molecular weight excluding hydrogens is 655 g/mol. The summed E-state index contributed by atoms with van der Waals surface area (Å²) in [6, 6.07) is 25.9. The third-order valence-corrected chi connectivity index (χ3v) is 9.41. The van der Waals surface area contributed by atoms with Gasteiger partial charge in [-0.1, -0.05) is 66.5 Å². The summed E-state index contributed by atoms with van der Waals surface area (Å²) in [7, 11) is -3.85. The number of amides is 3. The number of carbonyl (C=O) groups excluding carboxylic acids is 3. The molecule has 45 heavy (non-hydrogen) atoms. The topological polar surface area (TPSA) is 147 Å². The lowest BCUT2D eigenvalue weighted by atomic mass is 10.1. The van der Waals surface area contributed by atoms with Gasteiger partial charge in [0.15, 0.2) is 0 Å². The minimum Gasteiger partial charge on any atom is -0.325 e. The van der Waals surface area contributed by atoms with Crippen LogP contribution in [0.2, 0.25) is 10.0 Å². The number of halogens is 2. The van der Waals surface area contributed by atoms with E-state index < -0.39 is 27.1 Å². The Morgan fingerprint density at radius 2 is 1.56 bits per heavy atom. The molecule has 0 heterocycles. The first-order chi connectivity index (χ1) is 21.4. The summed E-state index contributed by atoms with van der Waals surface area (Å²) < 4.78 is 23.0. The van der Waals surface area contributed by atoms with Crippen molar-refractivity contribution in [3.63, 3.8) is 0 Å². The zero-order chi connectivity index (χ0) is 32.6. The number of nitrogens with two attached hydrogens (primary N) is 1. The average molecular weight is 684 g/mol. The Morgan fingerprint density at radius 3 is 2.22 bits per heavy atom. The van der Waals surface area contributed by atoms with Gasteiger partial charge in [-0.3, -0.25) is 14.4 Å². The molecule has 13 heteroatoms. The first-order valence-corrected chi connectivity index (χ1v) is 16.7. The Morgan fingerprint density at radius 1 is 0.867 bits per heavy atom. The Labute approximate surface area is 275 Å². The van der Waals surface area contributed by atoms with Crippen LogP contribution in [0.1, 0.15) is 29.3 Å². The molecule has 0 saturated carbocycles. The largest absolute Gasteiger partial charge is 0.325 e. The third-order valence-electron chi connectivity index (χ3n) is 6.29. The zero-order valence-electron chi connectivity index (χ0n) is 23.8. The van der Waals surface area contributed by atoms with Gasteiger partial charge >= 0.3 is 0 Å². The maximum Gasteiger partial charge on any atom is 0.272 e. The monoisotopic (exact) mass is 682 g/mol. The van der Waals surface area contributed by atoms with Crippen molar-refractivity contribution in [1.82, 2.24) is 5.32 Å². The van der Waals surface area contributed by atoms with Crippen LogP contribution in [0.5, 0.6) is 0 Å². The van der Waals surface area contributed by atoms with Gasteiger partial charge in [0.2, 0.25) is 15.9 Å². The number of carbonyl (C=O) groups is 3. The minimum atomic E-state index is -3.85. The fourth-order valence-electron chi connectivity index (χ4n) is 4.01. The highest BCUT2D eigenvalue weighted by molar-refractivity contribution is 8.00. The van der Waals surface area contributed by atoms with Crippen LogP contribution >= 0.6 is 35.0 Å². The molecule has 0 aliphatic heterocycles. The molecule has 4 aromatic carbocycles. The second-order valence-electron chi connectivity index (χ2n) is 9.58. The zero-order valence-corrected chi connectivity index (χ0v) is 26.9.